The van der Waals surface area contributed by atoms with Gasteiger partial charge in [0.05, 0.1) is 11.4 Å². The SMILES string of the molecule is CNCCCc1csc(C2CCCCS2(=O)=O)n1. The van der Waals surface area contributed by atoms with Crippen LogP contribution in [0.15, 0.2) is 5.38 Å². The van der Waals surface area contributed by atoms with Crippen molar-refractivity contribution in [2.75, 3.05) is 19.3 Å². The fraction of sp³-hybridized carbons (Fsp3) is 0.750. The summed E-state index contributed by atoms with van der Waals surface area (Å²) in [6, 6.07) is 0. The molecule has 0 saturated carbocycles. The molecule has 0 amide bonds. The Bertz CT molecular complexity index is 482. The maximum atomic E-state index is 12.0. The van der Waals surface area contributed by atoms with Crippen LogP contribution in [0.5, 0.6) is 0 Å². The summed E-state index contributed by atoms with van der Waals surface area (Å²) in [5, 5.41) is 5.57. The molecule has 1 fully saturated rings. The lowest BCUT2D eigenvalue weighted by Crippen LogP contribution is -2.21. The van der Waals surface area contributed by atoms with Gasteiger partial charge in [-0.1, -0.05) is 6.42 Å². The van der Waals surface area contributed by atoms with Crippen molar-refractivity contribution < 1.29 is 8.42 Å². The van der Waals surface area contributed by atoms with Crippen LogP contribution in [0, 0.1) is 0 Å². The summed E-state index contributed by atoms with van der Waals surface area (Å²) in [6.45, 7) is 0.967. The number of nitrogens with zero attached hydrogens (tertiary/aromatic N) is 1. The van der Waals surface area contributed by atoms with Crippen molar-refractivity contribution >= 4 is 21.2 Å². The molecule has 1 aliphatic rings. The first-order valence-electron chi connectivity index (χ1n) is 6.44. The van der Waals surface area contributed by atoms with Crippen molar-refractivity contribution in [1.82, 2.24) is 10.3 Å². The summed E-state index contributed by atoms with van der Waals surface area (Å²) in [6.07, 6.45) is 4.50. The lowest BCUT2D eigenvalue weighted by Gasteiger charge is -2.19. The zero-order chi connectivity index (χ0) is 13.0. The molecule has 1 atom stereocenters. The Morgan fingerprint density at radius 2 is 2.33 bits per heavy atom. The van der Waals surface area contributed by atoms with Crippen LogP contribution in [-0.4, -0.2) is 32.7 Å². The zero-order valence-electron chi connectivity index (χ0n) is 10.7. The monoisotopic (exact) mass is 288 g/mol. The fourth-order valence-corrected chi connectivity index (χ4v) is 5.51. The van der Waals surface area contributed by atoms with Crippen molar-refractivity contribution in [3.63, 3.8) is 0 Å². The second kappa shape index (κ2) is 6.12. The predicted octanol–water partition coefficient (Wildman–Crippen LogP) is 1.93. The van der Waals surface area contributed by atoms with Crippen LogP contribution < -0.4 is 5.32 Å². The largest absolute Gasteiger partial charge is 0.320 e. The molecule has 1 unspecified atom stereocenters. The van der Waals surface area contributed by atoms with Crippen molar-refractivity contribution in [2.45, 2.75) is 37.4 Å². The number of hydrogen-bond acceptors (Lipinski definition) is 5. The highest BCUT2D eigenvalue weighted by Crippen LogP contribution is 2.35. The summed E-state index contributed by atoms with van der Waals surface area (Å²) in [5.74, 6) is 0.326. The second-order valence-corrected chi connectivity index (χ2v) is 7.93. The highest BCUT2D eigenvalue weighted by molar-refractivity contribution is 7.91. The number of aromatic nitrogens is 1. The smallest absolute Gasteiger partial charge is 0.159 e. The van der Waals surface area contributed by atoms with Crippen LogP contribution in [-0.2, 0) is 16.3 Å². The number of rotatable bonds is 5. The quantitative estimate of drug-likeness (QED) is 0.841. The molecular weight excluding hydrogens is 268 g/mol. The fourth-order valence-electron chi connectivity index (χ4n) is 2.26. The molecule has 2 rings (SSSR count). The van der Waals surface area contributed by atoms with Gasteiger partial charge in [-0.15, -0.1) is 11.3 Å². The van der Waals surface area contributed by atoms with E-state index in [0.29, 0.717) is 5.75 Å². The molecule has 1 N–H and O–H groups in total. The molecule has 0 bridgehead atoms. The van der Waals surface area contributed by atoms with Gasteiger partial charge in [0, 0.05) is 5.38 Å². The third kappa shape index (κ3) is 3.30. The van der Waals surface area contributed by atoms with E-state index in [1.54, 1.807) is 0 Å². The summed E-state index contributed by atoms with van der Waals surface area (Å²) < 4.78 is 24.0. The van der Waals surface area contributed by atoms with Gasteiger partial charge in [0.1, 0.15) is 10.3 Å². The number of aryl methyl sites for hydroxylation is 1. The minimum atomic E-state index is -2.95. The molecule has 18 heavy (non-hydrogen) atoms. The number of hydrogen-bond donors (Lipinski definition) is 1. The molecule has 0 spiro atoms. The molecular formula is C12H20N2O2S2. The average Bonchev–Trinajstić information content (AvgIpc) is 2.77. The van der Waals surface area contributed by atoms with Gasteiger partial charge in [-0.05, 0) is 39.3 Å². The van der Waals surface area contributed by atoms with E-state index in [0.717, 1.165) is 49.4 Å². The highest BCUT2D eigenvalue weighted by Gasteiger charge is 2.32. The standard InChI is InChI=1S/C12H20N2O2S2/c1-13-7-4-5-10-9-17-12(14-10)11-6-2-3-8-18(11,15)16/h9,11,13H,2-8H2,1H3. The van der Waals surface area contributed by atoms with E-state index in [9.17, 15) is 8.42 Å². The molecule has 0 aliphatic carbocycles. The molecule has 6 heteroatoms. The first-order chi connectivity index (χ1) is 8.63. The van der Waals surface area contributed by atoms with Crippen LogP contribution in [0.25, 0.3) is 0 Å². The summed E-state index contributed by atoms with van der Waals surface area (Å²) >= 11 is 1.51. The Morgan fingerprint density at radius 1 is 1.50 bits per heavy atom. The Labute approximate surface area is 113 Å². The lowest BCUT2D eigenvalue weighted by molar-refractivity contribution is 0.545. The lowest BCUT2D eigenvalue weighted by atomic mass is 10.2. The van der Waals surface area contributed by atoms with E-state index in [1.807, 2.05) is 12.4 Å². The minimum Gasteiger partial charge on any atom is -0.320 e. The molecule has 1 saturated heterocycles. The van der Waals surface area contributed by atoms with E-state index in [2.05, 4.69) is 10.3 Å². The van der Waals surface area contributed by atoms with Crippen LogP contribution >= 0.6 is 11.3 Å². The molecule has 0 aromatic carbocycles. The molecule has 0 radical (unpaired) electrons. The van der Waals surface area contributed by atoms with Crippen LogP contribution in [0.1, 0.15) is 41.6 Å². The van der Waals surface area contributed by atoms with Gasteiger partial charge >= 0.3 is 0 Å². The van der Waals surface area contributed by atoms with Crippen LogP contribution in [0.3, 0.4) is 0 Å². The van der Waals surface area contributed by atoms with Gasteiger partial charge in [0.2, 0.25) is 0 Å². The van der Waals surface area contributed by atoms with E-state index in [1.165, 1.54) is 11.3 Å². The van der Waals surface area contributed by atoms with E-state index in [-0.39, 0.29) is 5.25 Å². The second-order valence-electron chi connectivity index (χ2n) is 4.74. The number of thiazole rings is 1. The highest BCUT2D eigenvalue weighted by atomic mass is 32.2. The van der Waals surface area contributed by atoms with Gasteiger partial charge < -0.3 is 5.32 Å². The van der Waals surface area contributed by atoms with Crippen molar-refractivity contribution in [3.05, 3.63) is 16.1 Å². The first-order valence-corrected chi connectivity index (χ1v) is 9.03. The molecule has 2 heterocycles. The number of nitrogens with one attached hydrogen (secondary N) is 1. The predicted molar refractivity (Wildman–Crippen MR) is 74.7 cm³/mol. The maximum absolute atomic E-state index is 12.0. The maximum Gasteiger partial charge on any atom is 0.159 e. The van der Waals surface area contributed by atoms with Gasteiger partial charge in [-0.2, -0.15) is 0 Å². The Balaban J connectivity index is 2.04. The Kier molecular flexibility index (Phi) is 4.75. The molecule has 1 aliphatic heterocycles. The summed E-state index contributed by atoms with van der Waals surface area (Å²) in [4.78, 5) is 4.51. The van der Waals surface area contributed by atoms with Gasteiger partial charge in [-0.3, -0.25) is 0 Å². The van der Waals surface area contributed by atoms with Gasteiger partial charge in [0.25, 0.3) is 0 Å². The van der Waals surface area contributed by atoms with Crippen molar-refractivity contribution in [3.8, 4) is 0 Å². The summed E-state index contributed by atoms with van der Waals surface area (Å²) in [7, 11) is -1.02. The van der Waals surface area contributed by atoms with Gasteiger partial charge in [-0.25, -0.2) is 13.4 Å². The van der Waals surface area contributed by atoms with Crippen molar-refractivity contribution in [1.29, 1.82) is 0 Å². The zero-order valence-corrected chi connectivity index (χ0v) is 12.3. The average molecular weight is 288 g/mol. The summed E-state index contributed by atoms with van der Waals surface area (Å²) in [5.41, 5.74) is 1.03. The third-order valence-corrected chi connectivity index (χ3v) is 6.62. The normalized spacial score (nSPS) is 23.1. The van der Waals surface area contributed by atoms with Gasteiger partial charge in [0.15, 0.2) is 9.84 Å². The minimum absolute atomic E-state index is 0.326. The Hall–Kier alpha value is -0.460. The molecule has 4 nitrogen and oxygen atoms in total. The first kappa shape index (κ1) is 14.0. The third-order valence-electron chi connectivity index (χ3n) is 3.28. The van der Waals surface area contributed by atoms with E-state index >= 15 is 0 Å². The van der Waals surface area contributed by atoms with Crippen LogP contribution in [0.2, 0.25) is 0 Å². The number of sulfone groups is 1. The van der Waals surface area contributed by atoms with E-state index < -0.39 is 9.84 Å². The molecule has 102 valence electrons. The molecule has 1 aromatic rings. The topological polar surface area (TPSA) is 59.1 Å². The Morgan fingerprint density at radius 3 is 3.06 bits per heavy atom. The van der Waals surface area contributed by atoms with Crippen molar-refractivity contribution in [2.24, 2.45) is 0 Å². The molecule has 1 aromatic heterocycles. The van der Waals surface area contributed by atoms with E-state index in [4.69, 9.17) is 0 Å². The van der Waals surface area contributed by atoms with Crippen LogP contribution in [0.4, 0.5) is 0 Å².